The maximum atomic E-state index is 15.0. The van der Waals surface area contributed by atoms with Gasteiger partial charge in [-0.3, -0.25) is 4.90 Å². The number of piperazine rings is 1. The molecule has 3 rings (SSSR count). The molecule has 0 radical (unpaired) electrons. The summed E-state index contributed by atoms with van der Waals surface area (Å²) < 4.78 is 25.9. The average Bonchev–Trinajstić information content (AvgIpc) is 2.97. The third kappa shape index (κ3) is 11.1. The van der Waals surface area contributed by atoms with Gasteiger partial charge in [-0.15, -0.1) is 0 Å². The van der Waals surface area contributed by atoms with Gasteiger partial charge in [-0.1, -0.05) is 65.2 Å². The van der Waals surface area contributed by atoms with E-state index in [4.69, 9.17) is 9.47 Å². The lowest BCUT2D eigenvalue weighted by Gasteiger charge is -2.36. The number of carbonyl (C=O) groups excluding carboxylic acids is 2. The minimum absolute atomic E-state index is 0.115. The first-order valence-corrected chi connectivity index (χ1v) is 15.7. The van der Waals surface area contributed by atoms with Crippen LogP contribution in [-0.4, -0.2) is 55.7 Å². The van der Waals surface area contributed by atoms with Gasteiger partial charge < -0.3 is 14.4 Å². The second-order valence-corrected chi connectivity index (χ2v) is 11.2. The second-order valence-electron chi connectivity index (χ2n) is 11.2. The van der Waals surface area contributed by atoms with Crippen LogP contribution in [0.1, 0.15) is 112 Å². The van der Waals surface area contributed by atoms with Gasteiger partial charge in [0.15, 0.2) is 0 Å². The van der Waals surface area contributed by atoms with Crippen LogP contribution < -0.4 is 9.64 Å². The van der Waals surface area contributed by atoms with Gasteiger partial charge >= 0.3 is 11.9 Å². The lowest BCUT2D eigenvalue weighted by molar-refractivity contribution is 0.0319. The first kappa shape index (κ1) is 32.6. The van der Waals surface area contributed by atoms with E-state index in [2.05, 4.69) is 23.6 Å². The van der Waals surface area contributed by atoms with Crippen LogP contribution in [0.15, 0.2) is 42.5 Å². The fourth-order valence-corrected chi connectivity index (χ4v) is 5.20. The Balaban J connectivity index is 1.44. The largest absolute Gasteiger partial charge is 0.459 e. The summed E-state index contributed by atoms with van der Waals surface area (Å²) in [7, 11) is 0. The van der Waals surface area contributed by atoms with Crippen LogP contribution in [0.3, 0.4) is 0 Å². The highest BCUT2D eigenvalue weighted by Crippen LogP contribution is 2.23. The number of rotatable bonds is 17. The summed E-state index contributed by atoms with van der Waals surface area (Å²) in [5, 5.41) is 0. The number of anilines is 1. The van der Waals surface area contributed by atoms with Crippen molar-refractivity contribution in [3.8, 4) is 5.75 Å². The van der Waals surface area contributed by atoms with Crippen LogP contribution in [0.5, 0.6) is 5.75 Å². The lowest BCUT2D eigenvalue weighted by atomic mass is 10.1. The van der Waals surface area contributed by atoms with Crippen LogP contribution in [0, 0.1) is 5.82 Å². The van der Waals surface area contributed by atoms with Gasteiger partial charge in [0.05, 0.1) is 17.2 Å². The second kappa shape index (κ2) is 17.8. The van der Waals surface area contributed by atoms with Crippen LogP contribution >= 0.6 is 0 Å². The van der Waals surface area contributed by atoms with Gasteiger partial charge in [0, 0.05) is 31.9 Å². The zero-order chi connectivity index (χ0) is 29.5. The first-order valence-electron chi connectivity index (χ1n) is 15.7. The fourth-order valence-electron chi connectivity index (χ4n) is 5.20. The monoisotopic (exact) mass is 568 g/mol. The molecule has 1 saturated heterocycles. The van der Waals surface area contributed by atoms with E-state index in [0.717, 1.165) is 57.7 Å². The molecule has 0 spiro atoms. The Bertz CT molecular complexity index is 1070. The van der Waals surface area contributed by atoms with E-state index in [9.17, 15) is 14.0 Å². The van der Waals surface area contributed by atoms with Gasteiger partial charge in [0.2, 0.25) is 0 Å². The minimum Gasteiger partial charge on any atom is -0.459 e. The SMILES string of the molecule is CCCCCCCCN1CCN(c2ccc(C(=O)Oc3ccc(C(=O)O[C@H](C)CCCCCC)cc3)c(F)c2)CC1. The van der Waals surface area contributed by atoms with Gasteiger partial charge in [-0.25, -0.2) is 14.0 Å². The van der Waals surface area contributed by atoms with E-state index in [-0.39, 0.29) is 17.4 Å². The van der Waals surface area contributed by atoms with Crippen LogP contribution in [0.2, 0.25) is 0 Å². The number of hydrogen-bond donors (Lipinski definition) is 0. The zero-order valence-electron chi connectivity index (χ0n) is 25.3. The van der Waals surface area contributed by atoms with Crippen molar-refractivity contribution in [2.75, 3.05) is 37.6 Å². The summed E-state index contributed by atoms with van der Waals surface area (Å²) in [5.74, 6) is -1.54. The van der Waals surface area contributed by atoms with Crippen LogP contribution in [0.4, 0.5) is 10.1 Å². The van der Waals surface area contributed by atoms with Crippen molar-refractivity contribution in [3.63, 3.8) is 0 Å². The first-order chi connectivity index (χ1) is 19.9. The van der Waals surface area contributed by atoms with E-state index in [1.165, 1.54) is 75.6 Å². The Morgan fingerprint density at radius 1 is 0.805 bits per heavy atom. The Hall–Kier alpha value is -2.93. The van der Waals surface area contributed by atoms with Crippen LogP contribution in [0.25, 0.3) is 0 Å². The van der Waals surface area contributed by atoms with E-state index < -0.39 is 17.8 Å². The number of nitrogens with zero attached hydrogens (tertiary/aromatic N) is 2. The highest BCUT2D eigenvalue weighted by atomic mass is 19.1. The molecular weight excluding hydrogens is 519 g/mol. The van der Waals surface area contributed by atoms with E-state index in [1.807, 2.05) is 6.92 Å². The summed E-state index contributed by atoms with van der Waals surface area (Å²) in [6, 6.07) is 10.9. The topological polar surface area (TPSA) is 59.1 Å². The van der Waals surface area contributed by atoms with Crippen molar-refractivity contribution in [1.82, 2.24) is 4.90 Å². The van der Waals surface area contributed by atoms with Crippen molar-refractivity contribution in [2.24, 2.45) is 0 Å². The van der Waals surface area contributed by atoms with Gasteiger partial charge in [0.1, 0.15) is 11.6 Å². The molecule has 0 aliphatic carbocycles. The predicted molar refractivity (Wildman–Crippen MR) is 163 cm³/mol. The molecule has 6 nitrogen and oxygen atoms in total. The smallest absolute Gasteiger partial charge is 0.346 e. The van der Waals surface area contributed by atoms with E-state index in [1.54, 1.807) is 18.2 Å². The van der Waals surface area contributed by atoms with Gasteiger partial charge in [0.25, 0.3) is 0 Å². The molecule has 0 amide bonds. The maximum Gasteiger partial charge on any atom is 0.346 e. The van der Waals surface area contributed by atoms with Crippen molar-refractivity contribution in [2.45, 2.75) is 97.5 Å². The Morgan fingerprint density at radius 2 is 1.44 bits per heavy atom. The quantitative estimate of drug-likeness (QED) is 0.109. The number of hydrogen-bond acceptors (Lipinski definition) is 6. The van der Waals surface area contributed by atoms with Crippen molar-refractivity contribution < 1.29 is 23.5 Å². The molecule has 1 atom stereocenters. The summed E-state index contributed by atoms with van der Waals surface area (Å²) >= 11 is 0. The molecule has 2 aromatic rings. The molecule has 1 aliphatic heterocycles. The molecule has 0 aromatic heterocycles. The summed E-state index contributed by atoms with van der Waals surface area (Å²) in [5.41, 5.74) is 1.05. The molecule has 1 heterocycles. The number of halogens is 1. The Labute approximate surface area is 246 Å². The highest BCUT2D eigenvalue weighted by molar-refractivity contribution is 5.92. The molecule has 0 unspecified atom stereocenters. The third-order valence-electron chi connectivity index (χ3n) is 7.81. The Morgan fingerprint density at radius 3 is 2.10 bits per heavy atom. The molecule has 1 fully saturated rings. The number of esters is 2. The maximum absolute atomic E-state index is 15.0. The molecule has 7 heteroatoms. The van der Waals surface area contributed by atoms with Gasteiger partial charge in [-0.05, 0) is 75.2 Å². The Kier molecular flexibility index (Phi) is 14.1. The normalized spacial score (nSPS) is 14.6. The lowest BCUT2D eigenvalue weighted by Crippen LogP contribution is -2.46. The summed E-state index contributed by atoms with van der Waals surface area (Å²) in [6.45, 7) is 11.0. The number of unbranched alkanes of at least 4 members (excludes halogenated alkanes) is 8. The fraction of sp³-hybridized carbons (Fsp3) is 0.588. The molecule has 0 saturated carbocycles. The van der Waals surface area contributed by atoms with Gasteiger partial charge in [-0.2, -0.15) is 0 Å². The molecule has 0 N–H and O–H groups in total. The zero-order valence-corrected chi connectivity index (χ0v) is 25.3. The molecule has 2 aromatic carbocycles. The van der Waals surface area contributed by atoms with E-state index >= 15 is 0 Å². The summed E-state index contributed by atoms with van der Waals surface area (Å²) in [6.07, 6.45) is 13.0. The standard InChI is InChI=1S/C34H49FN2O4/c1-4-6-8-10-11-13-21-36-22-24-37(25-23-36)29-17-20-31(32(35)26-29)34(39)41-30-18-15-28(16-19-30)33(38)40-27(3)14-12-9-7-5-2/h15-20,26-27H,4-14,21-25H2,1-3H3/t27-/m1/s1. The average molecular weight is 569 g/mol. The molecular formula is C34H49FN2O4. The highest BCUT2D eigenvalue weighted by Gasteiger charge is 2.20. The van der Waals surface area contributed by atoms with Crippen molar-refractivity contribution in [3.05, 3.63) is 59.4 Å². The minimum atomic E-state index is -0.770. The molecule has 226 valence electrons. The number of benzene rings is 2. The number of ether oxygens (including phenoxy) is 2. The third-order valence-corrected chi connectivity index (χ3v) is 7.81. The van der Waals surface area contributed by atoms with Crippen molar-refractivity contribution >= 4 is 17.6 Å². The van der Waals surface area contributed by atoms with Crippen LogP contribution in [-0.2, 0) is 4.74 Å². The molecule has 1 aliphatic rings. The number of carbonyl (C=O) groups is 2. The molecule has 0 bridgehead atoms. The molecule has 41 heavy (non-hydrogen) atoms. The van der Waals surface area contributed by atoms with Crippen molar-refractivity contribution in [1.29, 1.82) is 0 Å². The van der Waals surface area contributed by atoms with E-state index in [0.29, 0.717) is 5.56 Å². The summed E-state index contributed by atoms with van der Waals surface area (Å²) in [4.78, 5) is 29.8. The predicted octanol–water partition coefficient (Wildman–Crippen LogP) is 8.04.